The fourth-order valence-corrected chi connectivity index (χ4v) is 3.08. The number of aliphatic hydroxyl groups excluding tert-OH is 1. The van der Waals surface area contributed by atoms with Crippen LogP contribution in [0.4, 0.5) is 0 Å². The van der Waals surface area contributed by atoms with Crippen LogP contribution in [0.2, 0.25) is 0 Å². The minimum Gasteiger partial charge on any atom is -0.387 e. The van der Waals surface area contributed by atoms with E-state index < -0.39 is 6.10 Å². The molecule has 1 atom stereocenters. The van der Waals surface area contributed by atoms with Crippen LogP contribution in [0.3, 0.4) is 0 Å². The third-order valence-corrected chi connectivity index (χ3v) is 4.62. The Morgan fingerprint density at radius 2 is 2.10 bits per heavy atom. The van der Waals surface area contributed by atoms with Crippen LogP contribution in [0.25, 0.3) is 0 Å². The van der Waals surface area contributed by atoms with Gasteiger partial charge in [-0.05, 0) is 43.6 Å². The standard InChI is InChI=1S/C17H26N2O2/c1-12(2)13-5-7-14(8-6-13)17(21)19-11-16(20)15-4-3-9-18-10-15/h3-4,9-10,12-14,16,20H,5-8,11H2,1-2H3,(H,19,21). The molecule has 0 saturated heterocycles. The highest BCUT2D eigenvalue weighted by atomic mass is 16.3. The maximum Gasteiger partial charge on any atom is 0.223 e. The Kier molecular flexibility index (Phi) is 5.74. The molecule has 1 aliphatic rings. The van der Waals surface area contributed by atoms with Crippen molar-refractivity contribution in [2.45, 2.75) is 45.6 Å². The average molecular weight is 290 g/mol. The van der Waals surface area contributed by atoms with Crippen molar-refractivity contribution in [3.05, 3.63) is 30.1 Å². The van der Waals surface area contributed by atoms with Gasteiger partial charge in [0, 0.05) is 30.4 Å². The molecule has 1 saturated carbocycles. The first kappa shape index (κ1) is 16.0. The summed E-state index contributed by atoms with van der Waals surface area (Å²) in [5, 5.41) is 12.9. The van der Waals surface area contributed by atoms with Crippen LogP contribution < -0.4 is 5.32 Å². The lowest BCUT2D eigenvalue weighted by Gasteiger charge is -2.30. The summed E-state index contributed by atoms with van der Waals surface area (Å²) in [6, 6.07) is 3.60. The second-order valence-corrected chi connectivity index (χ2v) is 6.40. The van der Waals surface area contributed by atoms with Gasteiger partial charge in [-0.15, -0.1) is 0 Å². The van der Waals surface area contributed by atoms with Gasteiger partial charge in [-0.25, -0.2) is 0 Å². The molecule has 4 nitrogen and oxygen atoms in total. The van der Waals surface area contributed by atoms with Gasteiger partial charge in [0.25, 0.3) is 0 Å². The number of aromatic nitrogens is 1. The van der Waals surface area contributed by atoms with E-state index in [1.165, 1.54) is 0 Å². The zero-order valence-corrected chi connectivity index (χ0v) is 13.0. The molecular formula is C17H26N2O2. The maximum absolute atomic E-state index is 12.2. The van der Waals surface area contributed by atoms with Gasteiger partial charge in [-0.1, -0.05) is 19.9 Å². The second kappa shape index (κ2) is 7.55. The van der Waals surface area contributed by atoms with Crippen molar-refractivity contribution < 1.29 is 9.90 Å². The number of hydrogen-bond donors (Lipinski definition) is 2. The Labute approximate surface area is 127 Å². The van der Waals surface area contributed by atoms with Crippen LogP contribution >= 0.6 is 0 Å². The quantitative estimate of drug-likeness (QED) is 0.876. The Morgan fingerprint density at radius 1 is 1.38 bits per heavy atom. The number of nitrogens with zero attached hydrogens (tertiary/aromatic N) is 1. The van der Waals surface area contributed by atoms with E-state index in [1.54, 1.807) is 18.5 Å². The number of amides is 1. The lowest BCUT2D eigenvalue weighted by Crippen LogP contribution is -2.36. The van der Waals surface area contributed by atoms with Gasteiger partial charge in [0.1, 0.15) is 0 Å². The van der Waals surface area contributed by atoms with E-state index in [1.807, 2.05) is 6.07 Å². The molecule has 4 heteroatoms. The highest BCUT2D eigenvalue weighted by molar-refractivity contribution is 5.78. The van der Waals surface area contributed by atoms with Gasteiger partial charge in [0.05, 0.1) is 6.10 Å². The van der Waals surface area contributed by atoms with Crippen LogP contribution in [-0.2, 0) is 4.79 Å². The normalized spacial score (nSPS) is 23.8. The number of pyridine rings is 1. The fourth-order valence-electron chi connectivity index (χ4n) is 3.08. The molecule has 0 bridgehead atoms. The number of carbonyl (C=O) groups is 1. The number of aliphatic hydroxyl groups is 1. The van der Waals surface area contributed by atoms with Gasteiger partial charge < -0.3 is 10.4 Å². The highest BCUT2D eigenvalue weighted by Crippen LogP contribution is 2.33. The number of nitrogens with one attached hydrogen (secondary N) is 1. The van der Waals surface area contributed by atoms with Crippen molar-refractivity contribution >= 4 is 5.91 Å². The van der Waals surface area contributed by atoms with E-state index in [2.05, 4.69) is 24.1 Å². The second-order valence-electron chi connectivity index (χ2n) is 6.40. The largest absolute Gasteiger partial charge is 0.387 e. The monoisotopic (exact) mass is 290 g/mol. The Bertz CT molecular complexity index is 439. The van der Waals surface area contributed by atoms with Crippen LogP contribution in [-0.4, -0.2) is 22.5 Å². The molecule has 21 heavy (non-hydrogen) atoms. The van der Waals surface area contributed by atoms with Crippen molar-refractivity contribution in [2.75, 3.05) is 6.54 Å². The number of carbonyl (C=O) groups excluding carboxylic acids is 1. The summed E-state index contributed by atoms with van der Waals surface area (Å²) >= 11 is 0. The maximum atomic E-state index is 12.2. The lowest BCUT2D eigenvalue weighted by molar-refractivity contribution is -0.126. The van der Waals surface area contributed by atoms with E-state index in [4.69, 9.17) is 0 Å². The molecule has 0 aliphatic heterocycles. The molecule has 1 heterocycles. The summed E-state index contributed by atoms with van der Waals surface area (Å²) in [4.78, 5) is 16.1. The molecule has 0 radical (unpaired) electrons. The molecule has 1 aromatic heterocycles. The van der Waals surface area contributed by atoms with Crippen molar-refractivity contribution in [1.82, 2.24) is 10.3 Å². The fraction of sp³-hybridized carbons (Fsp3) is 0.647. The summed E-state index contributed by atoms with van der Waals surface area (Å²) < 4.78 is 0. The lowest BCUT2D eigenvalue weighted by atomic mass is 9.76. The number of hydrogen-bond acceptors (Lipinski definition) is 3. The Balaban J connectivity index is 1.75. The summed E-state index contributed by atoms with van der Waals surface area (Å²) in [6.07, 6.45) is 6.83. The van der Waals surface area contributed by atoms with Crippen molar-refractivity contribution in [3.8, 4) is 0 Å². The van der Waals surface area contributed by atoms with Gasteiger partial charge in [0.2, 0.25) is 5.91 Å². The van der Waals surface area contributed by atoms with E-state index in [0.717, 1.165) is 37.2 Å². The molecular weight excluding hydrogens is 264 g/mol. The van der Waals surface area contributed by atoms with Crippen molar-refractivity contribution in [1.29, 1.82) is 0 Å². The molecule has 2 rings (SSSR count). The molecule has 1 fully saturated rings. The Morgan fingerprint density at radius 3 is 2.67 bits per heavy atom. The molecule has 1 aromatic rings. The molecule has 0 spiro atoms. The SMILES string of the molecule is CC(C)C1CCC(C(=O)NCC(O)c2cccnc2)CC1. The first-order chi connectivity index (χ1) is 10.1. The third kappa shape index (κ3) is 4.53. The van der Waals surface area contributed by atoms with Gasteiger partial charge in [0.15, 0.2) is 0 Å². The van der Waals surface area contributed by atoms with Crippen molar-refractivity contribution in [2.24, 2.45) is 17.8 Å². The minimum absolute atomic E-state index is 0.0835. The molecule has 1 amide bonds. The zero-order chi connectivity index (χ0) is 15.2. The summed E-state index contributed by atoms with van der Waals surface area (Å²) in [7, 11) is 0. The highest BCUT2D eigenvalue weighted by Gasteiger charge is 2.27. The van der Waals surface area contributed by atoms with Gasteiger partial charge in [-0.2, -0.15) is 0 Å². The summed E-state index contributed by atoms with van der Waals surface area (Å²) in [5.41, 5.74) is 0.737. The first-order valence-electron chi connectivity index (χ1n) is 7.93. The summed E-state index contributed by atoms with van der Waals surface area (Å²) in [6.45, 7) is 4.78. The zero-order valence-electron chi connectivity index (χ0n) is 13.0. The molecule has 1 aliphatic carbocycles. The van der Waals surface area contributed by atoms with Crippen LogP contribution in [0.5, 0.6) is 0 Å². The van der Waals surface area contributed by atoms with Crippen LogP contribution in [0, 0.1) is 17.8 Å². The van der Waals surface area contributed by atoms with E-state index in [9.17, 15) is 9.90 Å². The van der Waals surface area contributed by atoms with E-state index in [0.29, 0.717) is 5.92 Å². The molecule has 2 N–H and O–H groups in total. The smallest absolute Gasteiger partial charge is 0.223 e. The Hall–Kier alpha value is -1.42. The van der Waals surface area contributed by atoms with Gasteiger partial charge >= 0.3 is 0 Å². The summed E-state index contributed by atoms with van der Waals surface area (Å²) in [5.74, 6) is 1.66. The number of rotatable bonds is 5. The topological polar surface area (TPSA) is 62.2 Å². The molecule has 116 valence electrons. The first-order valence-corrected chi connectivity index (χ1v) is 7.93. The van der Waals surface area contributed by atoms with Crippen LogP contribution in [0.1, 0.15) is 51.2 Å². The third-order valence-electron chi connectivity index (χ3n) is 4.62. The van der Waals surface area contributed by atoms with E-state index >= 15 is 0 Å². The molecule has 0 aromatic carbocycles. The predicted octanol–water partition coefficient (Wildman–Crippen LogP) is 2.69. The van der Waals surface area contributed by atoms with E-state index in [-0.39, 0.29) is 18.4 Å². The predicted molar refractivity (Wildman–Crippen MR) is 82.5 cm³/mol. The van der Waals surface area contributed by atoms with Gasteiger partial charge in [-0.3, -0.25) is 9.78 Å². The minimum atomic E-state index is -0.686. The van der Waals surface area contributed by atoms with Crippen molar-refractivity contribution in [3.63, 3.8) is 0 Å². The van der Waals surface area contributed by atoms with Crippen LogP contribution in [0.15, 0.2) is 24.5 Å². The molecule has 1 unspecified atom stereocenters. The average Bonchev–Trinajstić information content (AvgIpc) is 2.53.